The number of nitrogens with zero attached hydrogens (tertiary/aromatic N) is 2. The average molecular weight is 435 g/mol. The van der Waals surface area contributed by atoms with E-state index in [1.54, 1.807) is 42.2 Å². The average Bonchev–Trinajstić information content (AvgIpc) is 3.13. The van der Waals surface area contributed by atoms with Crippen LogP contribution in [-0.2, 0) is 17.8 Å². The van der Waals surface area contributed by atoms with Crippen LogP contribution in [0.3, 0.4) is 0 Å². The first-order valence-corrected chi connectivity index (χ1v) is 9.82. The third-order valence-corrected chi connectivity index (χ3v) is 5.33. The number of fused-ring (bicyclic) bond motifs is 1. The summed E-state index contributed by atoms with van der Waals surface area (Å²) in [5.41, 5.74) is 2.35. The standard InChI is InChI=1S/C21H17Cl2FN2O3/c1-12(28-19-7-4-14(22)10-17(19)23)21(27)26-9-8-18-16(11-26)20(29-25-18)13-2-5-15(24)6-3-13/h2-7,10,12H,8-9,11H2,1H3. The van der Waals surface area contributed by atoms with Crippen LogP contribution >= 0.6 is 23.2 Å². The number of hydrogen-bond acceptors (Lipinski definition) is 4. The lowest BCUT2D eigenvalue weighted by molar-refractivity contribution is -0.138. The van der Waals surface area contributed by atoms with Crippen molar-refractivity contribution in [2.75, 3.05) is 6.54 Å². The number of aromatic nitrogens is 1. The Hall–Kier alpha value is -2.57. The van der Waals surface area contributed by atoms with Gasteiger partial charge in [-0.1, -0.05) is 28.4 Å². The molecular formula is C21H17Cl2FN2O3. The highest BCUT2D eigenvalue weighted by Gasteiger charge is 2.30. The van der Waals surface area contributed by atoms with Gasteiger partial charge < -0.3 is 14.2 Å². The van der Waals surface area contributed by atoms with Gasteiger partial charge in [-0.25, -0.2) is 4.39 Å². The van der Waals surface area contributed by atoms with Gasteiger partial charge >= 0.3 is 0 Å². The first-order valence-electron chi connectivity index (χ1n) is 9.06. The molecule has 0 spiro atoms. The summed E-state index contributed by atoms with van der Waals surface area (Å²) in [4.78, 5) is 14.6. The SMILES string of the molecule is CC(Oc1ccc(Cl)cc1Cl)C(=O)N1CCc2noc(-c3ccc(F)cc3)c2C1. The molecule has 1 aliphatic heterocycles. The van der Waals surface area contributed by atoms with E-state index in [0.717, 1.165) is 11.3 Å². The van der Waals surface area contributed by atoms with Crippen LogP contribution in [-0.4, -0.2) is 28.6 Å². The molecule has 5 nitrogen and oxygen atoms in total. The summed E-state index contributed by atoms with van der Waals surface area (Å²) in [6.45, 7) is 2.52. The van der Waals surface area contributed by atoms with Crippen molar-refractivity contribution < 1.29 is 18.4 Å². The number of carbonyl (C=O) groups excluding carboxylic acids is 1. The van der Waals surface area contributed by atoms with Gasteiger partial charge in [-0.2, -0.15) is 0 Å². The topological polar surface area (TPSA) is 55.6 Å². The minimum Gasteiger partial charge on any atom is -0.479 e. The zero-order valence-electron chi connectivity index (χ0n) is 15.5. The van der Waals surface area contributed by atoms with Crippen molar-refractivity contribution in [2.45, 2.75) is 26.0 Å². The van der Waals surface area contributed by atoms with E-state index in [1.807, 2.05) is 0 Å². The van der Waals surface area contributed by atoms with Crippen LogP contribution in [0.2, 0.25) is 10.0 Å². The maximum atomic E-state index is 13.2. The van der Waals surface area contributed by atoms with E-state index in [0.29, 0.717) is 46.6 Å². The molecule has 8 heteroatoms. The Morgan fingerprint density at radius 3 is 2.72 bits per heavy atom. The molecule has 0 N–H and O–H groups in total. The molecule has 1 aliphatic rings. The monoisotopic (exact) mass is 434 g/mol. The van der Waals surface area contributed by atoms with Gasteiger partial charge in [0.25, 0.3) is 5.91 Å². The fraction of sp³-hybridized carbons (Fsp3) is 0.238. The second-order valence-corrected chi connectivity index (χ2v) is 7.63. The molecule has 2 heterocycles. The highest BCUT2D eigenvalue weighted by Crippen LogP contribution is 2.32. The molecule has 4 rings (SSSR count). The third-order valence-electron chi connectivity index (χ3n) is 4.80. The van der Waals surface area contributed by atoms with E-state index in [9.17, 15) is 9.18 Å². The summed E-state index contributed by atoms with van der Waals surface area (Å²) in [5, 5.41) is 4.95. The number of benzene rings is 2. The molecule has 1 unspecified atom stereocenters. The van der Waals surface area contributed by atoms with Crippen LogP contribution in [0.5, 0.6) is 5.75 Å². The molecular weight excluding hydrogens is 418 g/mol. The molecule has 0 fully saturated rings. The van der Waals surface area contributed by atoms with Gasteiger partial charge in [0.05, 0.1) is 17.3 Å². The summed E-state index contributed by atoms with van der Waals surface area (Å²) in [5.74, 6) is 0.442. The zero-order chi connectivity index (χ0) is 20.5. The van der Waals surface area contributed by atoms with Crippen LogP contribution in [0.15, 0.2) is 47.0 Å². The van der Waals surface area contributed by atoms with E-state index >= 15 is 0 Å². The zero-order valence-corrected chi connectivity index (χ0v) is 17.0. The molecule has 29 heavy (non-hydrogen) atoms. The summed E-state index contributed by atoms with van der Waals surface area (Å²) in [6, 6.07) is 10.8. The highest BCUT2D eigenvalue weighted by atomic mass is 35.5. The first kappa shape index (κ1) is 19.7. The lowest BCUT2D eigenvalue weighted by Gasteiger charge is -2.29. The normalized spacial score (nSPS) is 14.4. The third kappa shape index (κ3) is 4.09. The maximum Gasteiger partial charge on any atom is 0.263 e. The quantitative estimate of drug-likeness (QED) is 0.570. The second-order valence-electron chi connectivity index (χ2n) is 6.79. The van der Waals surface area contributed by atoms with Crippen molar-refractivity contribution in [3.63, 3.8) is 0 Å². The van der Waals surface area contributed by atoms with Crippen LogP contribution in [0.25, 0.3) is 11.3 Å². The molecule has 2 aromatic carbocycles. The van der Waals surface area contributed by atoms with Crippen LogP contribution in [0, 0.1) is 5.82 Å². The van der Waals surface area contributed by atoms with Gasteiger partial charge in [0.1, 0.15) is 11.6 Å². The smallest absolute Gasteiger partial charge is 0.263 e. The number of halogens is 3. The fourth-order valence-electron chi connectivity index (χ4n) is 3.30. The number of amides is 1. The van der Waals surface area contributed by atoms with Crippen LogP contribution < -0.4 is 4.74 Å². The van der Waals surface area contributed by atoms with Crippen molar-refractivity contribution in [1.29, 1.82) is 0 Å². The van der Waals surface area contributed by atoms with E-state index in [2.05, 4.69) is 5.16 Å². The molecule has 0 saturated carbocycles. The Balaban J connectivity index is 1.51. The Morgan fingerprint density at radius 2 is 2.00 bits per heavy atom. The van der Waals surface area contributed by atoms with Gasteiger partial charge in [0.15, 0.2) is 11.9 Å². The van der Waals surface area contributed by atoms with Crippen molar-refractivity contribution >= 4 is 29.1 Å². The number of hydrogen-bond donors (Lipinski definition) is 0. The summed E-state index contributed by atoms with van der Waals surface area (Å²) in [6.07, 6.45) is -0.162. The minimum absolute atomic E-state index is 0.173. The molecule has 3 aromatic rings. The highest BCUT2D eigenvalue weighted by molar-refractivity contribution is 6.35. The molecule has 0 bridgehead atoms. The Labute approximate surface area is 177 Å². The second kappa shape index (κ2) is 8.05. The van der Waals surface area contributed by atoms with E-state index < -0.39 is 6.10 Å². The Bertz CT molecular complexity index is 1050. The van der Waals surface area contributed by atoms with E-state index in [-0.39, 0.29) is 11.7 Å². The van der Waals surface area contributed by atoms with Crippen molar-refractivity contribution in [3.05, 3.63) is 69.6 Å². The minimum atomic E-state index is -0.732. The molecule has 1 atom stereocenters. The molecule has 0 saturated heterocycles. The maximum absolute atomic E-state index is 13.2. The fourth-order valence-corrected chi connectivity index (χ4v) is 3.75. The van der Waals surface area contributed by atoms with Gasteiger partial charge in [-0.3, -0.25) is 4.79 Å². The lowest BCUT2D eigenvalue weighted by Crippen LogP contribution is -2.43. The lowest BCUT2D eigenvalue weighted by atomic mass is 10.0. The molecule has 150 valence electrons. The van der Waals surface area contributed by atoms with Crippen LogP contribution in [0.1, 0.15) is 18.2 Å². The number of ether oxygens (including phenoxy) is 1. The van der Waals surface area contributed by atoms with E-state index in [1.165, 1.54) is 12.1 Å². The van der Waals surface area contributed by atoms with Crippen molar-refractivity contribution in [1.82, 2.24) is 10.1 Å². The Morgan fingerprint density at radius 1 is 1.24 bits per heavy atom. The van der Waals surface area contributed by atoms with Gasteiger partial charge in [-0.15, -0.1) is 0 Å². The summed E-state index contributed by atoms with van der Waals surface area (Å²) in [7, 11) is 0. The molecule has 0 radical (unpaired) electrons. The molecule has 1 aromatic heterocycles. The van der Waals surface area contributed by atoms with Crippen LogP contribution in [0.4, 0.5) is 4.39 Å². The van der Waals surface area contributed by atoms with Crippen molar-refractivity contribution in [3.8, 4) is 17.1 Å². The largest absolute Gasteiger partial charge is 0.479 e. The number of rotatable bonds is 4. The first-order chi connectivity index (χ1) is 13.9. The molecule has 1 amide bonds. The van der Waals surface area contributed by atoms with Gasteiger partial charge in [-0.05, 0) is 49.4 Å². The Kier molecular flexibility index (Phi) is 5.48. The van der Waals surface area contributed by atoms with E-state index in [4.69, 9.17) is 32.5 Å². The predicted molar refractivity (Wildman–Crippen MR) is 108 cm³/mol. The summed E-state index contributed by atoms with van der Waals surface area (Å²) >= 11 is 12.0. The predicted octanol–water partition coefficient (Wildman–Crippen LogP) is 5.14. The van der Waals surface area contributed by atoms with Crippen molar-refractivity contribution in [2.24, 2.45) is 0 Å². The van der Waals surface area contributed by atoms with Gasteiger partial charge in [0, 0.05) is 29.1 Å². The van der Waals surface area contributed by atoms with Gasteiger partial charge in [0.2, 0.25) is 0 Å². The molecule has 0 aliphatic carbocycles. The number of carbonyl (C=O) groups is 1. The summed E-state index contributed by atoms with van der Waals surface area (Å²) < 4.78 is 24.5.